The van der Waals surface area contributed by atoms with Crippen molar-refractivity contribution >= 4 is 16.7 Å². The molecule has 0 spiro atoms. The summed E-state index contributed by atoms with van der Waals surface area (Å²) >= 11 is 0. The van der Waals surface area contributed by atoms with Gasteiger partial charge in [-0.25, -0.2) is 4.98 Å². The van der Waals surface area contributed by atoms with Gasteiger partial charge in [0, 0.05) is 25.1 Å². The van der Waals surface area contributed by atoms with Crippen LogP contribution in [0.5, 0.6) is 0 Å². The maximum atomic E-state index is 9.37. The van der Waals surface area contributed by atoms with Gasteiger partial charge in [-0.1, -0.05) is 18.2 Å². The summed E-state index contributed by atoms with van der Waals surface area (Å²) in [6.45, 7) is 2.13. The molecule has 1 unspecified atom stereocenters. The molecule has 1 aliphatic heterocycles. The van der Waals surface area contributed by atoms with Gasteiger partial charge in [0.05, 0.1) is 17.1 Å². The zero-order valence-electron chi connectivity index (χ0n) is 12.0. The minimum atomic E-state index is 0.243. The van der Waals surface area contributed by atoms with E-state index in [0.717, 1.165) is 49.1 Å². The van der Waals surface area contributed by atoms with Gasteiger partial charge in [-0.2, -0.15) is 5.26 Å². The molecule has 3 rings (SSSR count). The van der Waals surface area contributed by atoms with Crippen molar-refractivity contribution in [3.8, 4) is 6.07 Å². The minimum Gasteiger partial charge on any atom is -0.396 e. The molecular formula is C17H19N3O. The second-order valence-corrected chi connectivity index (χ2v) is 5.62. The number of para-hydroxylation sites is 1. The largest absolute Gasteiger partial charge is 0.396 e. The molecule has 1 fully saturated rings. The lowest BCUT2D eigenvalue weighted by Crippen LogP contribution is -2.36. The van der Waals surface area contributed by atoms with E-state index in [0.29, 0.717) is 11.5 Å². The Labute approximate surface area is 124 Å². The molecule has 1 aromatic carbocycles. The van der Waals surface area contributed by atoms with Crippen molar-refractivity contribution < 1.29 is 5.11 Å². The summed E-state index contributed by atoms with van der Waals surface area (Å²) in [6, 6.07) is 11.9. The van der Waals surface area contributed by atoms with E-state index >= 15 is 0 Å². The van der Waals surface area contributed by atoms with E-state index < -0.39 is 0 Å². The number of piperidine rings is 1. The van der Waals surface area contributed by atoms with Crippen LogP contribution in [-0.4, -0.2) is 29.8 Å². The van der Waals surface area contributed by atoms with Crippen molar-refractivity contribution in [1.82, 2.24) is 4.98 Å². The zero-order chi connectivity index (χ0) is 14.7. The highest BCUT2D eigenvalue weighted by molar-refractivity contribution is 5.86. The van der Waals surface area contributed by atoms with Crippen LogP contribution in [0.3, 0.4) is 0 Å². The molecule has 2 heterocycles. The number of benzene rings is 1. The smallest absolute Gasteiger partial charge is 0.130 e. The number of hydrogen-bond donors (Lipinski definition) is 1. The lowest BCUT2D eigenvalue weighted by Gasteiger charge is -2.33. The van der Waals surface area contributed by atoms with E-state index in [-0.39, 0.29) is 6.61 Å². The van der Waals surface area contributed by atoms with Crippen molar-refractivity contribution in [2.45, 2.75) is 19.3 Å². The van der Waals surface area contributed by atoms with Crippen LogP contribution in [0.25, 0.3) is 10.9 Å². The predicted octanol–water partition coefficient (Wildman–Crippen LogP) is 2.71. The predicted molar refractivity (Wildman–Crippen MR) is 83.1 cm³/mol. The summed E-state index contributed by atoms with van der Waals surface area (Å²) in [5.74, 6) is 1.40. The van der Waals surface area contributed by atoms with Gasteiger partial charge >= 0.3 is 0 Å². The standard InChI is InChI=1S/C17H19N3O/c18-11-14-10-17(19-16-6-2-1-5-15(14)16)20-8-3-4-13(12-20)7-9-21/h1-2,5-6,10,13,21H,3-4,7-9,12H2. The Bertz CT molecular complexity index is 675. The van der Waals surface area contributed by atoms with Crippen molar-refractivity contribution in [2.24, 2.45) is 5.92 Å². The first-order chi connectivity index (χ1) is 10.3. The third-order valence-corrected chi connectivity index (χ3v) is 4.20. The van der Waals surface area contributed by atoms with Gasteiger partial charge in [-0.05, 0) is 37.3 Å². The van der Waals surface area contributed by atoms with E-state index in [9.17, 15) is 5.26 Å². The van der Waals surface area contributed by atoms with E-state index in [1.165, 1.54) is 0 Å². The Morgan fingerprint density at radius 1 is 1.38 bits per heavy atom. The molecule has 1 saturated heterocycles. The number of pyridine rings is 1. The third-order valence-electron chi connectivity index (χ3n) is 4.20. The van der Waals surface area contributed by atoms with Gasteiger partial charge in [0.1, 0.15) is 5.82 Å². The van der Waals surface area contributed by atoms with Crippen LogP contribution in [0.4, 0.5) is 5.82 Å². The fraction of sp³-hybridized carbons (Fsp3) is 0.412. The average molecular weight is 281 g/mol. The maximum absolute atomic E-state index is 9.37. The number of aromatic nitrogens is 1. The number of nitriles is 1. The fourth-order valence-corrected chi connectivity index (χ4v) is 3.11. The van der Waals surface area contributed by atoms with Crippen LogP contribution in [-0.2, 0) is 0 Å². The molecule has 4 nitrogen and oxygen atoms in total. The molecule has 1 aliphatic rings. The number of aliphatic hydroxyl groups is 1. The van der Waals surface area contributed by atoms with Crippen molar-refractivity contribution in [1.29, 1.82) is 5.26 Å². The molecule has 2 aromatic rings. The Hall–Kier alpha value is -2.12. The van der Waals surface area contributed by atoms with E-state index in [4.69, 9.17) is 10.1 Å². The summed E-state index contributed by atoms with van der Waals surface area (Å²) < 4.78 is 0. The molecule has 0 aliphatic carbocycles. The van der Waals surface area contributed by atoms with Crippen LogP contribution in [0.15, 0.2) is 30.3 Å². The summed E-state index contributed by atoms with van der Waals surface area (Å²) in [4.78, 5) is 6.96. The molecule has 21 heavy (non-hydrogen) atoms. The summed E-state index contributed by atoms with van der Waals surface area (Å²) in [5, 5.41) is 19.4. The second kappa shape index (κ2) is 6.11. The molecule has 1 atom stereocenters. The lowest BCUT2D eigenvalue weighted by atomic mass is 9.95. The third kappa shape index (κ3) is 2.84. The van der Waals surface area contributed by atoms with Gasteiger partial charge in [-0.15, -0.1) is 0 Å². The molecule has 4 heteroatoms. The minimum absolute atomic E-state index is 0.243. The molecular weight excluding hydrogens is 262 g/mol. The normalized spacial score (nSPS) is 18.7. The number of anilines is 1. The van der Waals surface area contributed by atoms with Crippen LogP contribution in [0, 0.1) is 17.2 Å². The molecule has 0 amide bonds. The summed E-state index contributed by atoms with van der Waals surface area (Å²) in [6.07, 6.45) is 3.12. The van der Waals surface area contributed by atoms with Gasteiger partial charge in [0.2, 0.25) is 0 Å². The second-order valence-electron chi connectivity index (χ2n) is 5.62. The quantitative estimate of drug-likeness (QED) is 0.939. The first-order valence-electron chi connectivity index (χ1n) is 7.47. The number of hydrogen-bond acceptors (Lipinski definition) is 4. The van der Waals surface area contributed by atoms with E-state index in [2.05, 4.69) is 11.0 Å². The highest BCUT2D eigenvalue weighted by Gasteiger charge is 2.21. The topological polar surface area (TPSA) is 60.2 Å². The average Bonchev–Trinajstić information content (AvgIpc) is 2.54. The van der Waals surface area contributed by atoms with Gasteiger partial charge in [0.15, 0.2) is 0 Å². The SMILES string of the molecule is N#Cc1cc(N2CCCC(CCO)C2)nc2ccccc12. The Kier molecular flexibility index (Phi) is 4.03. The van der Waals surface area contributed by atoms with Gasteiger partial charge in [0.25, 0.3) is 0 Å². The number of nitrogens with zero attached hydrogens (tertiary/aromatic N) is 3. The highest BCUT2D eigenvalue weighted by Crippen LogP contribution is 2.27. The van der Waals surface area contributed by atoms with Crippen molar-refractivity contribution in [3.05, 3.63) is 35.9 Å². The molecule has 0 saturated carbocycles. The highest BCUT2D eigenvalue weighted by atomic mass is 16.3. The first-order valence-corrected chi connectivity index (χ1v) is 7.47. The molecule has 0 radical (unpaired) electrons. The number of fused-ring (bicyclic) bond motifs is 1. The monoisotopic (exact) mass is 281 g/mol. The molecule has 0 bridgehead atoms. The van der Waals surface area contributed by atoms with Crippen molar-refractivity contribution in [3.63, 3.8) is 0 Å². The fourth-order valence-electron chi connectivity index (χ4n) is 3.11. The molecule has 1 N–H and O–H groups in total. The van der Waals surface area contributed by atoms with Crippen LogP contribution >= 0.6 is 0 Å². The maximum Gasteiger partial charge on any atom is 0.130 e. The zero-order valence-corrected chi connectivity index (χ0v) is 12.0. The summed E-state index contributed by atoms with van der Waals surface area (Å²) in [7, 11) is 0. The Morgan fingerprint density at radius 2 is 2.24 bits per heavy atom. The van der Waals surface area contributed by atoms with Crippen LogP contribution in [0.2, 0.25) is 0 Å². The van der Waals surface area contributed by atoms with Crippen LogP contribution < -0.4 is 4.90 Å². The molecule has 108 valence electrons. The first kappa shape index (κ1) is 13.8. The van der Waals surface area contributed by atoms with E-state index in [1.807, 2.05) is 30.3 Å². The summed E-state index contributed by atoms with van der Waals surface area (Å²) in [5.41, 5.74) is 1.55. The van der Waals surface area contributed by atoms with Gasteiger partial charge in [-0.3, -0.25) is 0 Å². The van der Waals surface area contributed by atoms with Crippen LogP contribution in [0.1, 0.15) is 24.8 Å². The number of rotatable bonds is 3. The Balaban J connectivity index is 1.95. The van der Waals surface area contributed by atoms with E-state index in [1.54, 1.807) is 0 Å². The van der Waals surface area contributed by atoms with Gasteiger partial charge < -0.3 is 10.0 Å². The Morgan fingerprint density at radius 3 is 3.05 bits per heavy atom. The number of aliphatic hydroxyl groups excluding tert-OH is 1. The van der Waals surface area contributed by atoms with Crippen molar-refractivity contribution in [2.75, 3.05) is 24.6 Å². The lowest BCUT2D eigenvalue weighted by molar-refractivity contribution is 0.244. The molecule has 1 aromatic heterocycles.